The van der Waals surface area contributed by atoms with Gasteiger partial charge in [-0.2, -0.15) is 0 Å². The molecule has 54 heavy (non-hydrogen) atoms. The highest BCUT2D eigenvalue weighted by Crippen LogP contribution is 2.48. The maximum Gasteiger partial charge on any atom is 0.241 e. The molecule has 0 heterocycles. The first-order valence-electron chi connectivity index (χ1n) is 18.7. The molecule has 1 atom stereocenters. The summed E-state index contributed by atoms with van der Waals surface area (Å²) >= 11 is 0. The molecule has 0 aromatic heterocycles. The minimum atomic E-state index is -3.10. The molecule has 0 radical (unpaired) electrons. The second-order valence-electron chi connectivity index (χ2n) is 14.9. The van der Waals surface area contributed by atoms with Gasteiger partial charge in [0.05, 0.1) is 0 Å². The topological polar surface area (TPSA) is 17.1 Å². The van der Waals surface area contributed by atoms with Crippen molar-refractivity contribution in [2.24, 2.45) is 0 Å². The van der Waals surface area contributed by atoms with Crippen molar-refractivity contribution in [3.8, 4) is 11.1 Å². The summed E-state index contributed by atoms with van der Waals surface area (Å²) in [6, 6.07) is 68.3. The molecule has 258 valence electrons. The van der Waals surface area contributed by atoms with E-state index in [1.807, 2.05) is 60.7 Å². The first-order chi connectivity index (χ1) is 26.4. The lowest BCUT2D eigenvalue weighted by Gasteiger charge is -2.24. The minimum Gasteiger partial charge on any atom is -0.309 e. The van der Waals surface area contributed by atoms with Gasteiger partial charge >= 0.3 is 0 Å². The Morgan fingerprint density at radius 3 is 1.59 bits per heavy atom. The fourth-order valence-electron chi connectivity index (χ4n) is 8.37. The number of benzene rings is 8. The van der Waals surface area contributed by atoms with Gasteiger partial charge in [0.15, 0.2) is 7.14 Å². The van der Waals surface area contributed by atoms with E-state index in [4.69, 9.17) is 0 Å². The maximum absolute atomic E-state index is 15.2. The monoisotopic (exact) mass is 710 g/mol. The van der Waals surface area contributed by atoms with E-state index < -0.39 is 7.14 Å². The van der Waals surface area contributed by atoms with Crippen molar-refractivity contribution >= 4 is 69.1 Å². The summed E-state index contributed by atoms with van der Waals surface area (Å²) in [4.78, 5) is 0. The van der Waals surface area contributed by atoms with Crippen molar-refractivity contribution in [2.45, 2.75) is 19.3 Å². The van der Waals surface area contributed by atoms with Crippen LogP contribution in [-0.4, -0.2) is 6.71 Å². The van der Waals surface area contributed by atoms with Gasteiger partial charge in [0.1, 0.15) is 0 Å². The second kappa shape index (κ2) is 13.8. The van der Waals surface area contributed by atoms with Crippen LogP contribution in [0.2, 0.25) is 0 Å². The van der Waals surface area contributed by atoms with Crippen molar-refractivity contribution < 1.29 is 4.57 Å². The van der Waals surface area contributed by atoms with Gasteiger partial charge in [0, 0.05) is 21.3 Å². The fourth-order valence-corrected chi connectivity index (χ4v) is 11.0. The van der Waals surface area contributed by atoms with Crippen molar-refractivity contribution in [1.29, 1.82) is 0 Å². The zero-order valence-electron chi connectivity index (χ0n) is 30.6. The molecule has 8 aromatic rings. The molecule has 9 rings (SSSR count). The third kappa shape index (κ3) is 5.98. The summed E-state index contributed by atoms with van der Waals surface area (Å²) in [7, 11) is -3.10. The van der Waals surface area contributed by atoms with E-state index >= 15 is 4.57 Å². The Bertz CT molecular complexity index is 2660. The molecular weight excluding hydrogens is 670 g/mol. The third-order valence-electron chi connectivity index (χ3n) is 11.3. The van der Waals surface area contributed by atoms with Crippen molar-refractivity contribution in [3.63, 3.8) is 0 Å². The molecule has 0 saturated carbocycles. The molecule has 0 aliphatic heterocycles. The van der Waals surface area contributed by atoms with Gasteiger partial charge in [-0.05, 0) is 50.2 Å². The third-order valence-corrected chi connectivity index (χ3v) is 14.3. The van der Waals surface area contributed by atoms with Crippen LogP contribution in [0.25, 0.3) is 34.1 Å². The largest absolute Gasteiger partial charge is 0.309 e. The summed E-state index contributed by atoms with van der Waals surface area (Å²) < 4.78 is 15.2. The van der Waals surface area contributed by atoms with Crippen LogP contribution in [0.5, 0.6) is 0 Å². The Labute approximate surface area is 319 Å². The lowest BCUT2D eigenvalue weighted by atomic mass is 9.36. The van der Waals surface area contributed by atoms with Crippen LogP contribution in [-0.2, 0) is 9.98 Å². The van der Waals surface area contributed by atoms with E-state index in [-0.39, 0.29) is 12.1 Å². The van der Waals surface area contributed by atoms with Gasteiger partial charge in [-0.25, -0.2) is 0 Å². The summed E-state index contributed by atoms with van der Waals surface area (Å²) in [5, 5.41) is 4.76. The van der Waals surface area contributed by atoms with Crippen LogP contribution in [0, 0.1) is 0 Å². The molecule has 3 heteroatoms. The Hall–Kier alpha value is -5.95. The molecule has 1 aliphatic rings. The standard InChI is InChI=1S/C51H40BOP/c1-51(2)49-34-38(26-32-47(49)48-33-28-43(36-50(48)51)52(41-16-6-3-7-17-41)42-18-8-4-9-19-42)23-22-37-24-29-45(30-25-37)54(53,44-20-10-5-11-21-44)46-31-27-39-14-12-13-15-40(39)35-46/h3-36H,1-2H3/b23-22+. The lowest BCUT2D eigenvalue weighted by molar-refractivity contribution is 0.592. The van der Waals surface area contributed by atoms with Crippen LogP contribution in [0.4, 0.5) is 0 Å². The summed E-state index contributed by atoms with van der Waals surface area (Å²) in [5.41, 5.74) is 11.3. The van der Waals surface area contributed by atoms with E-state index in [0.717, 1.165) is 37.8 Å². The molecule has 0 spiro atoms. The van der Waals surface area contributed by atoms with E-state index in [1.165, 1.54) is 38.6 Å². The van der Waals surface area contributed by atoms with Crippen LogP contribution >= 0.6 is 7.14 Å². The SMILES string of the molecule is CC1(C)c2cc(/C=C/c3ccc(P(=O)(c4ccccc4)c4ccc5ccccc5c4)cc3)ccc2-c2ccc(B(c3ccccc3)c3ccccc3)cc21. The van der Waals surface area contributed by atoms with Crippen molar-refractivity contribution in [3.05, 3.63) is 216 Å². The van der Waals surface area contributed by atoms with Crippen LogP contribution < -0.4 is 32.3 Å². The molecule has 0 amide bonds. The molecule has 8 aromatic carbocycles. The average molecular weight is 711 g/mol. The number of fused-ring (bicyclic) bond motifs is 4. The highest BCUT2D eigenvalue weighted by atomic mass is 31.2. The van der Waals surface area contributed by atoms with Crippen molar-refractivity contribution in [1.82, 2.24) is 0 Å². The Kier molecular flexibility index (Phi) is 8.65. The molecule has 0 saturated heterocycles. The highest BCUT2D eigenvalue weighted by molar-refractivity contribution is 7.85. The smallest absolute Gasteiger partial charge is 0.241 e. The molecule has 1 unspecified atom stereocenters. The van der Waals surface area contributed by atoms with Gasteiger partial charge in [-0.1, -0.05) is 230 Å². The Morgan fingerprint density at radius 2 is 0.926 bits per heavy atom. The van der Waals surface area contributed by atoms with E-state index in [0.29, 0.717) is 0 Å². The second-order valence-corrected chi connectivity index (χ2v) is 17.7. The average Bonchev–Trinajstić information content (AvgIpc) is 3.45. The van der Waals surface area contributed by atoms with Gasteiger partial charge in [0.25, 0.3) is 0 Å². The van der Waals surface area contributed by atoms with Gasteiger partial charge < -0.3 is 4.57 Å². The number of rotatable bonds is 8. The highest BCUT2D eigenvalue weighted by Gasteiger charge is 2.37. The van der Waals surface area contributed by atoms with Gasteiger partial charge in [-0.15, -0.1) is 0 Å². The molecule has 0 fully saturated rings. The van der Waals surface area contributed by atoms with Gasteiger partial charge in [-0.3, -0.25) is 0 Å². The fraction of sp³-hybridized carbons (Fsp3) is 0.0588. The lowest BCUT2D eigenvalue weighted by Crippen LogP contribution is -2.52. The van der Waals surface area contributed by atoms with Crippen molar-refractivity contribution in [2.75, 3.05) is 0 Å². The molecule has 0 bridgehead atoms. The molecule has 0 N–H and O–H groups in total. The first kappa shape index (κ1) is 33.9. The van der Waals surface area contributed by atoms with E-state index in [2.05, 4.69) is 159 Å². The number of hydrogen-bond acceptors (Lipinski definition) is 1. The van der Waals surface area contributed by atoms with Crippen LogP contribution in [0.1, 0.15) is 36.1 Å². The Morgan fingerprint density at radius 1 is 0.426 bits per heavy atom. The molecule has 1 aliphatic carbocycles. The zero-order valence-corrected chi connectivity index (χ0v) is 31.5. The van der Waals surface area contributed by atoms with Crippen LogP contribution in [0.3, 0.4) is 0 Å². The molecule has 1 nitrogen and oxygen atoms in total. The normalized spacial score (nSPS) is 14.0. The maximum atomic E-state index is 15.2. The first-order valence-corrected chi connectivity index (χ1v) is 20.4. The van der Waals surface area contributed by atoms with Crippen LogP contribution in [0.15, 0.2) is 194 Å². The molecular formula is C51H40BOP. The predicted molar refractivity (Wildman–Crippen MR) is 234 cm³/mol. The quantitative estimate of drug-likeness (QED) is 0.0873. The predicted octanol–water partition coefficient (Wildman–Crippen LogP) is 9.47. The summed E-state index contributed by atoms with van der Waals surface area (Å²) in [5.74, 6) is 0. The Balaban J connectivity index is 1.01. The van der Waals surface area contributed by atoms with E-state index in [9.17, 15) is 0 Å². The summed E-state index contributed by atoms with van der Waals surface area (Å²) in [6.07, 6.45) is 4.35. The zero-order chi connectivity index (χ0) is 36.7. The number of hydrogen-bond donors (Lipinski definition) is 0. The minimum absolute atomic E-state index is 0.147. The van der Waals surface area contributed by atoms with Gasteiger partial charge in [0.2, 0.25) is 6.71 Å². The summed E-state index contributed by atoms with van der Waals surface area (Å²) in [6.45, 7) is 4.87. The van der Waals surface area contributed by atoms with E-state index in [1.54, 1.807) is 0 Å².